The Hall–Kier alpha value is 0.250. The molecule has 0 aliphatic heterocycles. The predicted octanol–water partition coefficient (Wildman–Crippen LogP) is -1.31. The van der Waals surface area contributed by atoms with E-state index in [-0.39, 0.29) is 54.6 Å². The van der Waals surface area contributed by atoms with Crippen molar-refractivity contribution in [1.82, 2.24) is 0 Å². The Kier molecular flexibility index (Phi) is 21.9. The standard InChI is InChI=1S/C6H11NO3.Ca.2H2O.2H/c1-4(2)3-5(7-10)6(8)9;;;;;/h4-5H,3H2,1-2H3,(H,8,9);;2*1H2;;. The van der Waals surface area contributed by atoms with Crippen molar-refractivity contribution in [3.8, 4) is 0 Å². The van der Waals surface area contributed by atoms with E-state index in [0.29, 0.717) is 6.42 Å². The summed E-state index contributed by atoms with van der Waals surface area (Å²) >= 11 is 0. The summed E-state index contributed by atoms with van der Waals surface area (Å²) < 4.78 is 0. The number of aliphatic carboxylic acids is 1. The van der Waals surface area contributed by atoms with Gasteiger partial charge in [0.2, 0.25) is 0 Å². The Bertz CT molecular complexity index is 141. The molecule has 0 aliphatic rings. The van der Waals surface area contributed by atoms with E-state index in [9.17, 15) is 9.70 Å². The number of nitroso groups, excluding NO2 is 1. The molecule has 0 aliphatic carbocycles. The van der Waals surface area contributed by atoms with Crippen LogP contribution in [0.3, 0.4) is 0 Å². The predicted molar refractivity (Wildman–Crippen MR) is 52.4 cm³/mol. The van der Waals surface area contributed by atoms with Crippen LogP contribution in [0.5, 0.6) is 0 Å². The van der Waals surface area contributed by atoms with Crippen LogP contribution in [0.15, 0.2) is 5.18 Å². The molecule has 0 aromatic carbocycles. The number of rotatable bonds is 4. The molecule has 5 N–H and O–H groups in total. The van der Waals surface area contributed by atoms with Crippen LogP contribution in [0.2, 0.25) is 0 Å². The molecule has 7 heteroatoms. The molecular weight excluding hydrogens is 206 g/mol. The van der Waals surface area contributed by atoms with Gasteiger partial charge in [-0.3, -0.25) is 0 Å². The quantitative estimate of drug-likeness (QED) is 0.468. The molecule has 0 rings (SSSR count). The maximum atomic E-state index is 10.2. The molecule has 78 valence electrons. The van der Waals surface area contributed by atoms with Gasteiger partial charge in [-0.05, 0) is 12.3 Å². The van der Waals surface area contributed by atoms with Gasteiger partial charge in [0, 0.05) is 0 Å². The van der Waals surface area contributed by atoms with Crippen molar-refractivity contribution in [3.05, 3.63) is 4.91 Å². The summed E-state index contributed by atoms with van der Waals surface area (Å²) in [4.78, 5) is 20.0. The Morgan fingerprint density at radius 1 is 1.38 bits per heavy atom. The molecule has 0 fully saturated rings. The summed E-state index contributed by atoms with van der Waals surface area (Å²) in [6, 6.07) is -1.07. The number of carboxylic acids is 1. The molecule has 6 nitrogen and oxygen atoms in total. The van der Waals surface area contributed by atoms with E-state index in [1.165, 1.54) is 0 Å². The van der Waals surface area contributed by atoms with Crippen LogP contribution >= 0.6 is 0 Å². The molecule has 0 spiro atoms. The van der Waals surface area contributed by atoms with Gasteiger partial charge in [-0.25, -0.2) is 4.79 Å². The van der Waals surface area contributed by atoms with Crippen molar-refractivity contribution in [3.63, 3.8) is 0 Å². The van der Waals surface area contributed by atoms with E-state index in [1.807, 2.05) is 13.8 Å². The third kappa shape index (κ3) is 12.2. The number of carboxylic acid groups (broad SMARTS) is 1. The molecular formula is C6H17CaNO5. The van der Waals surface area contributed by atoms with Crippen molar-refractivity contribution in [2.45, 2.75) is 26.3 Å². The molecule has 0 heterocycles. The van der Waals surface area contributed by atoms with Crippen LogP contribution in [0.4, 0.5) is 0 Å². The first-order chi connectivity index (χ1) is 4.57. The Balaban J connectivity index is -0.000000135. The zero-order chi connectivity index (χ0) is 8.15. The molecule has 0 saturated heterocycles. The molecule has 1 atom stereocenters. The van der Waals surface area contributed by atoms with Crippen LogP contribution in [-0.2, 0) is 4.79 Å². The summed E-state index contributed by atoms with van der Waals surface area (Å²) in [5.41, 5.74) is 0. The normalized spacial score (nSPS) is 10.1. The van der Waals surface area contributed by atoms with E-state index >= 15 is 0 Å². The summed E-state index contributed by atoms with van der Waals surface area (Å²) in [7, 11) is 0. The Morgan fingerprint density at radius 3 is 1.85 bits per heavy atom. The fraction of sp³-hybridized carbons (Fsp3) is 0.833. The molecule has 0 amide bonds. The van der Waals surface area contributed by atoms with Crippen molar-refractivity contribution >= 4 is 43.7 Å². The van der Waals surface area contributed by atoms with Crippen LogP contribution in [0, 0.1) is 10.8 Å². The molecule has 13 heavy (non-hydrogen) atoms. The van der Waals surface area contributed by atoms with E-state index in [0.717, 1.165) is 0 Å². The fourth-order valence-electron chi connectivity index (χ4n) is 0.635. The van der Waals surface area contributed by atoms with Crippen molar-refractivity contribution < 1.29 is 20.9 Å². The summed E-state index contributed by atoms with van der Waals surface area (Å²) in [6.45, 7) is 3.70. The van der Waals surface area contributed by atoms with Gasteiger partial charge in [0.05, 0.1) is 0 Å². The van der Waals surface area contributed by atoms with Crippen LogP contribution in [0.1, 0.15) is 20.3 Å². The van der Waals surface area contributed by atoms with Crippen LogP contribution in [0.25, 0.3) is 0 Å². The zero-order valence-electron chi connectivity index (χ0n) is 7.07. The van der Waals surface area contributed by atoms with Crippen molar-refractivity contribution in [2.75, 3.05) is 0 Å². The number of carbonyl (C=O) groups is 1. The number of hydrogen-bond acceptors (Lipinski definition) is 3. The minimum absolute atomic E-state index is 0. The van der Waals surface area contributed by atoms with Gasteiger partial charge in [0.1, 0.15) is 0 Å². The minimum atomic E-state index is -1.14. The molecule has 0 aromatic rings. The van der Waals surface area contributed by atoms with Gasteiger partial charge in [-0.15, -0.1) is 4.91 Å². The average molecular weight is 223 g/mol. The third-order valence-electron chi connectivity index (χ3n) is 1.11. The third-order valence-corrected chi connectivity index (χ3v) is 1.11. The van der Waals surface area contributed by atoms with Gasteiger partial charge in [-0.2, -0.15) is 0 Å². The van der Waals surface area contributed by atoms with E-state index < -0.39 is 12.0 Å². The van der Waals surface area contributed by atoms with Gasteiger partial charge < -0.3 is 16.1 Å². The fourth-order valence-corrected chi connectivity index (χ4v) is 0.635. The monoisotopic (exact) mass is 223 g/mol. The van der Waals surface area contributed by atoms with Gasteiger partial charge in [0.25, 0.3) is 0 Å². The van der Waals surface area contributed by atoms with Crippen molar-refractivity contribution in [1.29, 1.82) is 0 Å². The summed E-state index contributed by atoms with van der Waals surface area (Å²) in [5.74, 6) is -0.942. The topological polar surface area (TPSA) is 130 Å². The van der Waals surface area contributed by atoms with Crippen LogP contribution < -0.4 is 0 Å². The first-order valence-electron chi connectivity index (χ1n) is 3.13. The summed E-state index contributed by atoms with van der Waals surface area (Å²) in [6.07, 6.45) is 0.318. The van der Waals surface area contributed by atoms with Crippen molar-refractivity contribution in [2.24, 2.45) is 11.1 Å². The SMILES string of the molecule is CC(C)CC(N=O)C(=O)O.O.O.[CaH2]. The van der Waals surface area contributed by atoms with E-state index in [2.05, 4.69) is 5.18 Å². The molecule has 0 bridgehead atoms. The number of hydrogen-bond donors (Lipinski definition) is 1. The zero-order valence-corrected chi connectivity index (χ0v) is 7.07. The van der Waals surface area contributed by atoms with Crippen LogP contribution in [-0.4, -0.2) is 65.8 Å². The van der Waals surface area contributed by atoms with Gasteiger partial charge in [-0.1, -0.05) is 19.0 Å². The maximum absolute atomic E-state index is 10.2. The first-order valence-corrected chi connectivity index (χ1v) is 3.13. The summed E-state index contributed by atoms with van der Waals surface area (Å²) in [5, 5.41) is 10.8. The van der Waals surface area contributed by atoms with E-state index in [4.69, 9.17) is 5.11 Å². The van der Waals surface area contributed by atoms with Gasteiger partial charge in [0.15, 0.2) is 6.04 Å². The molecule has 0 saturated carbocycles. The molecule has 0 aromatic heterocycles. The first kappa shape index (κ1) is 23.2. The van der Waals surface area contributed by atoms with E-state index in [1.54, 1.807) is 0 Å². The molecule has 0 radical (unpaired) electrons. The Labute approximate surface area is 106 Å². The second-order valence-electron chi connectivity index (χ2n) is 2.59. The molecule has 1 unspecified atom stereocenters. The average Bonchev–Trinajstić information content (AvgIpc) is 1.81. The number of nitrogens with zero attached hydrogens (tertiary/aromatic N) is 1. The Morgan fingerprint density at radius 2 is 1.77 bits per heavy atom. The second-order valence-corrected chi connectivity index (χ2v) is 2.59. The van der Waals surface area contributed by atoms with Gasteiger partial charge >= 0.3 is 43.7 Å². The second kappa shape index (κ2) is 12.2.